The Morgan fingerprint density at radius 2 is 1.44 bits per heavy atom. The van der Waals surface area contributed by atoms with Gasteiger partial charge >= 0.3 is 0 Å². The van der Waals surface area contributed by atoms with E-state index in [4.69, 9.17) is 14.5 Å². The number of anilines is 2. The Morgan fingerprint density at radius 1 is 0.778 bits per heavy atom. The van der Waals surface area contributed by atoms with Crippen LogP contribution < -0.4 is 19.3 Å². The summed E-state index contributed by atoms with van der Waals surface area (Å²) in [5.41, 5.74) is 8.10. The maximum absolute atomic E-state index is 16.1. The second-order valence-electron chi connectivity index (χ2n) is 12.9. The van der Waals surface area contributed by atoms with Crippen LogP contribution >= 0.6 is 0 Å². The Kier molecular flexibility index (Phi) is 7.12. The van der Waals surface area contributed by atoms with Crippen LogP contribution in [0.2, 0.25) is 0 Å². The standard InChI is InChI=1S/C38H39FN4O2/c1-41-16-18-44-35-21-26(9-12-32(35)41)29-11-8-27(20-31(29)39)37-30-14-15-43(24-25-6-4-3-5-7-25)34(30)23-40-38(37)28-10-13-33-36(22-28)45-19-17-42(33)2/h8-15,20-23,25H,3-7,16-19,24H2,1-2H3. The van der Waals surface area contributed by atoms with E-state index in [9.17, 15) is 0 Å². The smallest absolute Gasteiger partial charge is 0.143 e. The van der Waals surface area contributed by atoms with Crippen LogP contribution in [0.4, 0.5) is 15.8 Å². The van der Waals surface area contributed by atoms with Gasteiger partial charge < -0.3 is 23.8 Å². The molecule has 6 nitrogen and oxygen atoms in total. The van der Waals surface area contributed by atoms with Crippen molar-refractivity contribution in [3.8, 4) is 45.0 Å². The fourth-order valence-electron chi connectivity index (χ4n) is 7.41. The normalized spacial score (nSPS) is 16.7. The highest BCUT2D eigenvalue weighted by Crippen LogP contribution is 2.43. The third-order valence-corrected chi connectivity index (χ3v) is 9.96. The summed E-state index contributed by atoms with van der Waals surface area (Å²) in [7, 11) is 4.14. The zero-order valence-corrected chi connectivity index (χ0v) is 26.1. The van der Waals surface area contributed by atoms with Crippen molar-refractivity contribution in [1.82, 2.24) is 9.55 Å². The van der Waals surface area contributed by atoms with E-state index in [1.807, 2.05) is 36.5 Å². The van der Waals surface area contributed by atoms with Crippen molar-refractivity contribution in [2.24, 2.45) is 5.92 Å². The number of pyridine rings is 1. The molecule has 1 aliphatic carbocycles. The van der Waals surface area contributed by atoms with Gasteiger partial charge in [0.05, 0.1) is 41.9 Å². The number of nitrogens with zero attached hydrogens (tertiary/aromatic N) is 4. The predicted molar refractivity (Wildman–Crippen MR) is 180 cm³/mol. The lowest BCUT2D eigenvalue weighted by molar-refractivity contribution is 0.311. The summed E-state index contributed by atoms with van der Waals surface area (Å²) in [6.07, 6.45) is 10.7. The maximum Gasteiger partial charge on any atom is 0.143 e. The molecule has 0 unspecified atom stereocenters. The Bertz CT molecular complexity index is 1890. The Labute approximate surface area is 264 Å². The summed E-state index contributed by atoms with van der Waals surface area (Å²) in [6.45, 7) is 3.96. The van der Waals surface area contributed by atoms with Crippen LogP contribution in [-0.4, -0.2) is 49.9 Å². The average Bonchev–Trinajstić information content (AvgIpc) is 3.47. The molecule has 0 radical (unpaired) electrons. The number of rotatable bonds is 5. The summed E-state index contributed by atoms with van der Waals surface area (Å²) >= 11 is 0. The molecular formula is C38H39FN4O2. The summed E-state index contributed by atoms with van der Waals surface area (Å²) < 4.78 is 30.5. The monoisotopic (exact) mass is 602 g/mol. The van der Waals surface area contributed by atoms with Crippen LogP contribution in [0.25, 0.3) is 44.4 Å². The van der Waals surface area contributed by atoms with Crippen molar-refractivity contribution in [3.63, 3.8) is 0 Å². The molecule has 8 rings (SSSR count). The van der Waals surface area contributed by atoms with Crippen LogP contribution in [0.15, 0.2) is 73.1 Å². The van der Waals surface area contributed by atoms with Gasteiger partial charge in [-0.15, -0.1) is 0 Å². The number of hydrogen-bond donors (Lipinski definition) is 0. The molecule has 3 aromatic carbocycles. The quantitative estimate of drug-likeness (QED) is 0.202. The Hall–Kier alpha value is -4.52. The molecule has 0 amide bonds. The summed E-state index contributed by atoms with van der Waals surface area (Å²) in [4.78, 5) is 9.46. The van der Waals surface area contributed by atoms with Crippen LogP contribution in [0, 0.1) is 11.7 Å². The van der Waals surface area contributed by atoms with Crippen molar-refractivity contribution in [3.05, 3.63) is 78.9 Å². The van der Waals surface area contributed by atoms with Gasteiger partial charge in [0.15, 0.2) is 0 Å². The highest BCUT2D eigenvalue weighted by Gasteiger charge is 2.23. The second-order valence-corrected chi connectivity index (χ2v) is 12.9. The minimum atomic E-state index is -0.267. The van der Waals surface area contributed by atoms with Gasteiger partial charge in [-0.05, 0) is 66.3 Å². The molecule has 0 atom stereocenters. The lowest BCUT2D eigenvalue weighted by Crippen LogP contribution is -2.28. The minimum Gasteiger partial charge on any atom is -0.490 e. The SMILES string of the molecule is CN1CCOc2cc(-c3ccc(-c4c(-c5ccc6c(c5)OCCN6C)ncc5c4ccn5CC4CCCCC4)cc3F)ccc21. The fourth-order valence-corrected chi connectivity index (χ4v) is 7.41. The molecule has 230 valence electrons. The number of ether oxygens (including phenoxy) is 2. The van der Waals surface area contributed by atoms with E-state index in [1.165, 1.54) is 32.1 Å². The molecule has 2 aliphatic heterocycles. The van der Waals surface area contributed by atoms with Crippen molar-refractivity contribution in [1.29, 1.82) is 0 Å². The molecule has 5 aromatic rings. The first-order valence-electron chi connectivity index (χ1n) is 16.3. The summed E-state index contributed by atoms with van der Waals surface area (Å²) in [5.74, 6) is 2.06. The molecule has 3 aliphatic rings. The Morgan fingerprint density at radius 3 is 2.16 bits per heavy atom. The van der Waals surface area contributed by atoms with Crippen LogP contribution in [0.5, 0.6) is 11.5 Å². The Balaban J connectivity index is 1.24. The van der Waals surface area contributed by atoms with Gasteiger partial charge in [0.1, 0.15) is 30.5 Å². The largest absolute Gasteiger partial charge is 0.490 e. The first-order valence-corrected chi connectivity index (χ1v) is 16.3. The van der Waals surface area contributed by atoms with Crippen molar-refractivity contribution < 1.29 is 13.9 Å². The van der Waals surface area contributed by atoms with Gasteiger partial charge in [-0.3, -0.25) is 4.98 Å². The van der Waals surface area contributed by atoms with E-state index in [0.29, 0.717) is 24.7 Å². The molecule has 0 spiro atoms. The molecule has 0 bridgehead atoms. The number of hydrogen-bond acceptors (Lipinski definition) is 5. The second kappa shape index (κ2) is 11.4. The summed E-state index contributed by atoms with van der Waals surface area (Å²) in [6, 6.07) is 20.0. The molecule has 0 N–H and O–H groups in total. The lowest BCUT2D eigenvalue weighted by atomic mass is 9.89. The lowest BCUT2D eigenvalue weighted by Gasteiger charge is -2.28. The number of likely N-dealkylation sites (N-methyl/N-ethyl adjacent to an activating group) is 2. The van der Waals surface area contributed by atoms with Gasteiger partial charge in [-0.2, -0.15) is 0 Å². The summed E-state index contributed by atoms with van der Waals surface area (Å²) in [5, 5.41) is 1.09. The van der Waals surface area contributed by atoms with Gasteiger partial charge in [0.2, 0.25) is 0 Å². The molecule has 45 heavy (non-hydrogen) atoms. The van der Waals surface area contributed by atoms with E-state index in [2.05, 4.69) is 58.9 Å². The van der Waals surface area contributed by atoms with Crippen LogP contribution in [0.1, 0.15) is 32.1 Å². The van der Waals surface area contributed by atoms with Crippen LogP contribution in [-0.2, 0) is 6.54 Å². The van der Waals surface area contributed by atoms with Crippen LogP contribution in [0.3, 0.4) is 0 Å². The molecule has 0 saturated heterocycles. The first-order chi connectivity index (χ1) is 22.0. The number of halogens is 1. The molecule has 2 aromatic heterocycles. The van der Waals surface area contributed by atoms with E-state index in [-0.39, 0.29) is 5.82 Å². The van der Waals surface area contributed by atoms with Gasteiger partial charge in [-0.25, -0.2) is 4.39 Å². The number of aromatic nitrogens is 2. The molecule has 1 saturated carbocycles. The first kappa shape index (κ1) is 28.0. The highest BCUT2D eigenvalue weighted by atomic mass is 19.1. The van der Waals surface area contributed by atoms with E-state index in [1.54, 1.807) is 6.07 Å². The number of fused-ring (bicyclic) bond motifs is 3. The molecular weight excluding hydrogens is 563 g/mol. The molecule has 7 heteroatoms. The highest BCUT2D eigenvalue weighted by molar-refractivity contribution is 6.02. The minimum absolute atomic E-state index is 0.267. The van der Waals surface area contributed by atoms with E-state index < -0.39 is 0 Å². The number of benzene rings is 3. The van der Waals surface area contributed by atoms with Crippen molar-refractivity contribution in [2.45, 2.75) is 38.6 Å². The zero-order chi connectivity index (χ0) is 30.5. The van der Waals surface area contributed by atoms with Crippen molar-refractivity contribution >= 4 is 22.3 Å². The van der Waals surface area contributed by atoms with Gasteiger partial charge in [0, 0.05) is 48.9 Å². The molecule has 4 heterocycles. The maximum atomic E-state index is 16.1. The molecule has 1 fully saturated rings. The topological polar surface area (TPSA) is 42.8 Å². The van der Waals surface area contributed by atoms with Gasteiger partial charge in [-0.1, -0.05) is 43.5 Å². The average molecular weight is 603 g/mol. The zero-order valence-electron chi connectivity index (χ0n) is 26.1. The van der Waals surface area contributed by atoms with E-state index in [0.717, 1.165) is 81.4 Å². The third-order valence-electron chi connectivity index (χ3n) is 9.96. The fraction of sp³-hybridized carbons (Fsp3) is 0.342. The predicted octanol–water partition coefficient (Wildman–Crippen LogP) is 8.41. The third kappa shape index (κ3) is 5.08. The van der Waals surface area contributed by atoms with Gasteiger partial charge in [0.25, 0.3) is 0 Å². The van der Waals surface area contributed by atoms with E-state index >= 15 is 4.39 Å². The van der Waals surface area contributed by atoms with Crippen molar-refractivity contribution in [2.75, 3.05) is 50.2 Å².